The Balaban J connectivity index is 2.64. The zero-order valence-electron chi connectivity index (χ0n) is 10.7. The number of ether oxygens (including phenoxy) is 1. The van der Waals surface area contributed by atoms with Crippen LogP contribution in [0.25, 0.3) is 0 Å². The average Bonchev–Trinajstić information content (AvgIpc) is 2.42. The molecule has 102 valence electrons. The van der Waals surface area contributed by atoms with Gasteiger partial charge in [0.05, 0.1) is 11.6 Å². The summed E-state index contributed by atoms with van der Waals surface area (Å²) < 4.78 is 5.12. The molecule has 5 heteroatoms. The zero-order chi connectivity index (χ0) is 14.1. The van der Waals surface area contributed by atoms with E-state index in [1.54, 1.807) is 18.2 Å². The number of aliphatic hydroxyl groups is 1. The summed E-state index contributed by atoms with van der Waals surface area (Å²) in [6.07, 6.45) is 0. The lowest BCUT2D eigenvalue weighted by Gasteiger charge is -2.06. The molecule has 0 aliphatic rings. The summed E-state index contributed by atoms with van der Waals surface area (Å²) >= 11 is 6.00. The number of amides is 1. The molecule has 0 radical (unpaired) electrons. The summed E-state index contributed by atoms with van der Waals surface area (Å²) in [5, 5.41) is 11.7. The summed E-state index contributed by atoms with van der Waals surface area (Å²) in [5.74, 6) is 5.01. The molecule has 2 N–H and O–H groups in total. The molecule has 0 aromatic heterocycles. The maximum Gasteiger partial charge on any atom is 0.251 e. The third kappa shape index (κ3) is 5.31. The molecule has 1 amide bonds. The quantitative estimate of drug-likeness (QED) is 0.634. The Morgan fingerprint density at radius 2 is 2.32 bits per heavy atom. The van der Waals surface area contributed by atoms with Gasteiger partial charge in [0.15, 0.2) is 0 Å². The van der Waals surface area contributed by atoms with Crippen LogP contribution in [0.4, 0.5) is 0 Å². The standard InChI is InChI=1S/C14H16ClNO3/c1-2-19-9-7-16-14(18)12-6-5-11(4-3-8-17)13(15)10-12/h5-6,10,17H,2,7-9H2,1H3,(H,16,18). The van der Waals surface area contributed by atoms with Gasteiger partial charge in [0.1, 0.15) is 6.61 Å². The Hall–Kier alpha value is -1.54. The first-order chi connectivity index (χ1) is 9.19. The molecule has 0 aliphatic carbocycles. The van der Waals surface area contributed by atoms with Crippen LogP contribution in [0, 0.1) is 11.8 Å². The van der Waals surface area contributed by atoms with E-state index in [0.717, 1.165) is 0 Å². The van der Waals surface area contributed by atoms with Crippen LogP contribution in [0.2, 0.25) is 5.02 Å². The lowest BCUT2D eigenvalue weighted by molar-refractivity contribution is 0.0922. The van der Waals surface area contributed by atoms with Gasteiger partial charge in [0.25, 0.3) is 5.91 Å². The number of rotatable bonds is 5. The first kappa shape index (κ1) is 15.5. The zero-order valence-corrected chi connectivity index (χ0v) is 11.5. The van der Waals surface area contributed by atoms with Crippen molar-refractivity contribution in [2.24, 2.45) is 0 Å². The minimum atomic E-state index is -0.226. The molecule has 1 aromatic carbocycles. The van der Waals surface area contributed by atoms with Crippen LogP contribution in [0.3, 0.4) is 0 Å². The minimum Gasteiger partial charge on any atom is -0.384 e. The van der Waals surface area contributed by atoms with E-state index in [1.165, 1.54) is 0 Å². The van der Waals surface area contributed by atoms with Gasteiger partial charge in [-0.05, 0) is 25.1 Å². The highest BCUT2D eigenvalue weighted by Gasteiger charge is 2.07. The van der Waals surface area contributed by atoms with Crippen molar-refractivity contribution in [2.45, 2.75) is 6.92 Å². The van der Waals surface area contributed by atoms with Crippen molar-refractivity contribution in [2.75, 3.05) is 26.4 Å². The van der Waals surface area contributed by atoms with Crippen LogP contribution in [-0.4, -0.2) is 37.4 Å². The Morgan fingerprint density at radius 1 is 1.53 bits per heavy atom. The van der Waals surface area contributed by atoms with Crippen LogP contribution in [0.15, 0.2) is 18.2 Å². The number of halogens is 1. The molecule has 0 aliphatic heterocycles. The van der Waals surface area contributed by atoms with Gasteiger partial charge in [0.2, 0.25) is 0 Å². The van der Waals surface area contributed by atoms with E-state index < -0.39 is 0 Å². The van der Waals surface area contributed by atoms with E-state index in [-0.39, 0.29) is 12.5 Å². The van der Waals surface area contributed by atoms with Crippen molar-refractivity contribution in [1.82, 2.24) is 5.32 Å². The summed E-state index contributed by atoms with van der Waals surface area (Å²) in [7, 11) is 0. The molecule has 4 nitrogen and oxygen atoms in total. The number of carbonyl (C=O) groups is 1. The molecular formula is C14H16ClNO3. The topological polar surface area (TPSA) is 58.6 Å². The molecule has 19 heavy (non-hydrogen) atoms. The molecule has 1 aromatic rings. The molecule has 0 heterocycles. The average molecular weight is 282 g/mol. The third-order valence-electron chi connectivity index (χ3n) is 2.27. The van der Waals surface area contributed by atoms with Crippen molar-refractivity contribution < 1.29 is 14.6 Å². The molecule has 0 saturated heterocycles. The minimum absolute atomic E-state index is 0.205. The molecule has 0 saturated carbocycles. The fourth-order valence-electron chi connectivity index (χ4n) is 1.38. The van der Waals surface area contributed by atoms with Crippen LogP contribution < -0.4 is 5.32 Å². The predicted molar refractivity (Wildman–Crippen MR) is 74.2 cm³/mol. The number of nitrogens with one attached hydrogen (secondary N) is 1. The summed E-state index contributed by atoms with van der Waals surface area (Å²) in [4.78, 5) is 11.8. The lowest BCUT2D eigenvalue weighted by Crippen LogP contribution is -2.27. The monoisotopic (exact) mass is 281 g/mol. The fourth-order valence-corrected chi connectivity index (χ4v) is 1.60. The number of aliphatic hydroxyl groups excluding tert-OH is 1. The molecule has 0 fully saturated rings. The first-order valence-corrected chi connectivity index (χ1v) is 6.32. The molecule has 1 rings (SSSR count). The van der Waals surface area contributed by atoms with Gasteiger partial charge in [0, 0.05) is 24.3 Å². The van der Waals surface area contributed by atoms with Crippen molar-refractivity contribution in [3.05, 3.63) is 34.3 Å². The van der Waals surface area contributed by atoms with Gasteiger partial charge in [-0.25, -0.2) is 0 Å². The highest BCUT2D eigenvalue weighted by atomic mass is 35.5. The summed E-state index contributed by atoms with van der Waals surface area (Å²) in [6, 6.07) is 4.85. The van der Waals surface area contributed by atoms with E-state index in [4.69, 9.17) is 21.4 Å². The number of hydrogen-bond donors (Lipinski definition) is 2. The Labute approximate surface area is 117 Å². The number of benzene rings is 1. The summed E-state index contributed by atoms with van der Waals surface area (Å²) in [6.45, 7) is 3.23. The van der Waals surface area contributed by atoms with E-state index in [0.29, 0.717) is 35.9 Å². The second-order valence-electron chi connectivity index (χ2n) is 3.61. The van der Waals surface area contributed by atoms with Crippen LogP contribution >= 0.6 is 11.6 Å². The lowest BCUT2D eigenvalue weighted by atomic mass is 10.1. The first-order valence-electron chi connectivity index (χ1n) is 5.94. The van der Waals surface area contributed by atoms with Crippen LogP contribution in [0.5, 0.6) is 0 Å². The highest BCUT2D eigenvalue weighted by Crippen LogP contribution is 2.16. The maximum atomic E-state index is 11.8. The number of carbonyl (C=O) groups excluding carboxylic acids is 1. The van der Waals surface area contributed by atoms with E-state index in [1.807, 2.05) is 6.92 Å². The van der Waals surface area contributed by atoms with Gasteiger partial charge in [-0.2, -0.15) is 0 Å². The van der Waals surface area contributed by atoms with Crippen LogP contribution in [-0.2, 0) is 4.74 Å². The normalized spacial score (nSPS) is 9.63. The Bertz CT molecular complexity index is 491. The molecule has 0 spiro atoms. The largest absolute Gasteiger partial charge is 0.384 e. The van der Waals surface area contributed by atoms with Crippen molar-refractivity contribution in [3.63, 3.8) is 0 Å². The fraction of sp³-hybridized carbons (Fsp3) is 0.357. The SMILES string of the molecule is CCOCCNC(=O)c1ccc(C#CCO)c(Cl)c1. The second-order valence-corrected chi connectivity index (χ2v) is 4.01. The maximum absolute atomic E-state index is 11.8. The smallest absolute Gasteiger partial charge is 0.251 e. The Kier molecular flexibility index (Phi) is 6.98. The highest BCUT2D eigenvalue weighted by molar-refractivity contribution is 6.32. The predicted octanol–water partition coefficient (Wildman–Crippen LogP) is 1.45. The second kappa shape index (κ2) is 8.54. The van der Waals surface area contributed by atoms with Crippen molar-refractivity contribution in [3.8, 4) is 11.8 Å². The molecule has 0 bridgehead atoms. The van der Waals surface area contributed by atoms with Crippen LogP contribution in [0.1, 0.15) is 22.8 Å². The molecule has 0 unspecified atom stereocenters. The van der Waals surface area contributed by atoms with E-state index in [2.05, 4.69) is 17.2 Å². The Morgan fingerprint density at radius 3 is 2.95 bits per heavy atom. The van der Waals surface area contributed by atoms with E-state index in [9.17, 15) is 4.79 Å². The van der Waals surface area contributed by atoms with Crippen molar-refractivity contribution in [1.29, 1.82) is 0 Å². The third-order valence-corrected chi connectivity index (χ3v) is 2.58. The molecular weight excluding hydrogens is 266 g/mol. The summed E-state index contributed by atoms with van der Waals surface area (Å²) in [5.41, 5.74) is 1.05. The number of hydrogen-bond acceptors (Lipinski definition) is 3. The van der Waals surface area contributed by atoms with Gasteiger partial charge >= 0.3 is 0 Å². The van der Waals surface area contributed by atoms with Gasteiger partial charge < -0.3 is 15.2 Å². The van der Waals surface area contributed by atoms with E-state index >= 15 is 0 Å². The molecule has 0 atom stereocenters. The van der Waals surface area contributed by atoms with Gasteiger partial charge in [-0.3, -0.25) is 4.79 Å². The van der Waals surface area contributed by atoms with Gasteiger partial charge in [-0.15, -0.1) is 0 Å². The van der Waals surface area contributed by atoms with Crippen molar-refractivity contribution >= 4 is 17.5 Å². The van der Waals surface area contributed by atoms with Gasteiger partial charge in [-0.1, -0.05) is 23.4 Å².